The summed E-state index contributed by atoms with van der Waals surface area (Å²) in [6, 6.07) is 7.14. The van der Waals surface area contributed by atoms with E-state index in [-0.39, 0.29) is 17.7 Å². The Morgan fingerprint density at radius 1 is 1.22 bits per heavy atom. The summed E-state index contributed by atoms with van der Waals surface area (Å²) in [5.74, 6) is 0.157. The summed E-state index contributed by atoms with van der Waals surface area (Å²) in [5, 5.41) is 0. The molecule has 7 heteroatoms. The Morgan fingerprint density at radius 2 is 2.00 bits per heavy atom. The molecule has 1 amide bonds. The first kappa shape index (κ1) is 16.3. The number of likely N-dealkylation sites (N-methyl/N-ethyl adjacent to an activating group) is 1. The Balaban J connectivity index is 1.84. The second-order valence-corrected chi connectivity index (χ2v) is 8.41. The van der Waals surface area contributed by atoms with Crippen LogP contribution >= 0.6 is 0 Å². The standard InChI is InChI=1S/C16H23N3O3S/c1-13-12-17(2)8-9-18(13)16(20)14-5-3-6-15(11-14)19-7-4-10-23(19,21)22/h3,5-6,11,13H,4,7-10,12H2,1-2H3/t13-/m0/s1. The highest BCUT2D eigenvalue weighted by Crippen LogP contribution is 2.25. The molecule has 2 heterocycles. The van der Waals surface area contributed by atoms with Crippen LogP contribution in [0.1, 0.15) is 23.7 Å². The first-order chi connectivity index (χ1) is 10.9. The predicted molar refractivity (Wildman–Crippen MR) is 90.2 cm³/mol. The molecule has 0 aliphatic carbocycles. The number of amides is 1. The normalized spacial score (nSPS) is 24.9. The van der Waals surface area contributed by atoms with Gasteiger partial charge in [-0.3, -0.25) is 9.10 Å². The van der Waals surface area contributed by atoms with E-state index in [1.165, 1.54) is 4.31 Å². The Labute approximate surface area is 137 Å². The van der Waals surface area contributed by atoms with E-state index in [1.807, 2.05) is 11.8 Å². The summed E-state index contributed by atoms with van der Waals surface area (Å²) in [6.07, 6.45) is 0.635. The fourth-order valence-electron chi connectivity index (χ4n) is 3.33. The van der Waals surface area contributed by atoms with Crippen LogP contribution in [0.3, 0.4) is 0 Å². The number of hydrogen-bond acceptors (Lipinski definition) is 4. The van der Waals surface area contributed by atoms with Gasteiger partial charge in [0.25, 0.3) is 5.91 Å². The highest BCUT2D eigenvalue weighted by Gasteiger charge is 2.30. The zero-order chi connectivity index (χ0) is 16.6. The Hall–Kier alpha value is -1.60. The molecule has 0 aromatic heterocycles. The highest BCUT2D eigenvalue weighted by molar-refractivity contribution is 7.93. The minimum absolute atomic E-state index is 0.0240. The smallest absolute Gasteiger partial charge is 0.254 e. The monoisotopic (exact) mass is 337 g/mol. The molecule has 6 nitrogen and oxygen atoms in total. The van der Waals surface area contributed by atoms with Crippen molar-refractivity contribution in [1.82, 2.24) is 9.80 Å². The van der Waals surface area contributed by atoms with Gasteiger partial charge >= 0.3 is 0 Å². The summed E-state index contributed by atoms with van der Waals surface area (Å²) in [7, 11) is -1.17. The van der Waals surface area contributed by atoms with Gasteiger partial charge in [0.15, 0.2) is 0 Å². The van der Waals surface area contributed by atoms with Crippen LogP contribution in [-0.4, -0.2) is 69.1 Å². The number of rotatable bonds is 2. The fourth-order valence-corrected chi connectivity index (χ4v) is 4.89. The van der Waals surface area contributed by atoms with E-state index in [2.05, 4.69) is 11.9 Å². The molecular formula is C16H23N3O3S. The summed E-state index contributed by atoms with van der Waals surface area (Å²) in [4.78, 5) is 16.9. The van der Waals surface area contributed by atoms with E-state index in [1.54, 1.807) is 24.3 Å². The van der Waals surface area contributed by atoms with Gasteiger partial charge in [-0.1, -0.05) is 6.07 Å². The molecule has 1 aromatic carbocycles. The lowest BCUT2D eigenvalue weighted by Crippen LogP contribution is -2.52. The Bertz CT molecular complexity index is 704. The minimum atomic E-state index is -3.22. The second kappa shape index (κ2) is 6.13. The van der Waals surface area contributed by atoms with Gasteiger partial charge in [-0.25, -0.2) is 8.42 Å². The maximum atomic E-state index is 12.8. The van der Waals surface area contributed by atoms with Gasteiger partial charge in [0, 0.05) is 37.8 Å². The van der Waals surface area contributed by atoms with Gasteiger partial charge in [0.2, 0.25) is 10.0 Å². The molecular weight excluding hydrogens is 314 g/mol. The van der Waals surface area contributed by atoms with Gasteiger partial charge in [-0.15, -0.1) is 0 Å². The lowest BCUT2D eigenvalue weighted by molar-refractivity contribution is 0.0533. The van der Waals surface area contributed by atoms with Crippen molar-refractivity contribution in [3.63, 3.8) is 0 Å². The summed E-state index contributed by atoms with van der Waals surface area (Å²) in [5.41, 5.74) is 1.15. The van der Waals surface area contributed by atoms with E-state index in [9.17, 15) is 13.2 Å². The number of nitrogens with zero attached hydrogens (tertiary/aromatic N) is 3. The van der Waals surface area contributed by atoms with Crippen LogP contribution < -0.4 is 4.31 Å². The fraction of sp³-hybridized carbons (Fsp3) is 0.562. The van der Waals surface area contributed by atoms with Gasteiger partial charge in [0.1, 0.15) is 0 Å². The van der Waals surface area contributed by atoms with Crippen molar-refractivity contribution in [3.05, 3.63) is 29.8 Å². The van der Waals surface area contributed by atoms with E-state index in [0.717, 1.165) is 13.1 Å². The van der Waals surface area contributed by atoms with Crippen molar-refractivity contribution in [1.29, 1.82) is 0 Å². The number of benzene rings is 1. The molecule has 1 aromatic rings. The van der Waals surface area contributed by atoms with Crippen LogP contribution in [0, 0.1) is 0 Å². The molecule has 2 aliphatic rings. The van der Waals surface area contributed by atoms with E-state index < -0.39 is 10.0 Å². The van der Waals surface area contributed by atoms with Crippen LogP contribution in [0.2, 0.25) is 0 Å². The molecule has 3 rings (SSSR count). The van der Waals surface area contributed by atoms with Crippen molar-refractivity contribution in [2.24, 2.45) is 0 Å². The lowest BCUT2D eigenvalue weighted by atomic mass is 10.1. The average molecular weight is 337 g/mol. The molecule has 0 unspecified atom stereocenters. The topological polar surface area (TPSA) is 60.9 Å². The van der Waals surface area contributed by atoms with Gasteiger partial charge in [-0.05, 0) is 38.6 Å². The number of carbonyl (C=O) groups excluding carboxylic acids is 1. The predicted octanol–water partition coefficient (Wildman–Crippen LogP) is 1.00. The number of hydrogen-bond donors (Lipinski definition) is 0. The third kappa shape index (κ3) is 3.21. The zero-order valence-electron chi connectivity index (χ0n) is 13.6. The maximum absolute atomic E-state index is 12.8. The highest BCUT2D eigenvalue weighted by atomic mass is 32.2. The van der Waals surface area contributed by atoms with Crippen molar-refractivity contribution in [2.75, 3.05) is 43.3 Å². The zero-order valence-corrected chi connectivity index (χ0v) is 14.4. The van der Waals surface area contributed by atoms with E-state index in [4.69, 9.17) is 0 Å². The van der Waals surface area contributed by atoms with Crippen LogP contribution in [0.5, 0.6) is 0 Å². The molecule has 0 saturated carbocycles. The number of carbonyl (C=O) groups is 1. The van der Waals surface area contributed by atoms with E-state index in [0.29, 0.717) is 30.8 Å². The molecule has 0 spiro atoms. The molecule has 2 saturated heterocycles. The first-order valence-electron chi connectivity index (χ1n) is 7.98. The molecule has 0 radical (unpaired) electrons. The van der Waals surface area contributed by atoms with Crippen LogP contribution in [0.15, 0.2) is 24.3 Å². The summed E-state index contributed by atoms with van der Waals surface area (Å²) < 4.78 is 25.5. The molecule has 1 atom stereocenters. The van der Waals surface area contributed by atoms with Gasteiger partial charge in [0.05, 0.1) is 11.4 Å². The number of piperazine rings is 1. The number of anilines is 1. The van der Waals surface area contributed by atoms with Crippen molar-refractivity contribution in [2.45, 2.75) is 19.4 Å². The largest absolute Gasteiger partial charge is 0.333 e. The third-order valence-corrected chi connectivity index (χ3v) is 6.44. The molecule has 0 N–H and O–H groups in total. The SMILES string of the molecule is C[C@H]1CN(C)CCN1C(=O)c1cccc(N2CCCS2(=O)=O)c1. The summed E-state index contributed by atoms with van der Waals surface area (Å²) >= 11 is 0. The first-order valence-corrected chi connectivity index (χ1v) is 9.59. The second-order valence-electron chi connectivity index (χ2n) is 6.40. The van der Waals surface area contributed by atoms with Crippen molar-refractivity contribution >= 4 is 21.6 Å². The molecule has 2 aliphatic heterocycles. The maximum Gasteiger partial charge on any atom is 0.254 e. The van der Waals surface area contributed by atoms with Crippen LogP contribution in [0.4, 0.5) is 5.69 Å². The van der Waals surface area contributed by atoms with Crippen LogP contribution in [0.25, 0.3) is 0 Å². The van der Waals surface area contributed by atoms with Gasteiger partial charge < -0.3 is 9.80 Å². The third-order valence-electron chi connectivity index (χ3n) is 4.57. The lowest BCUT2D eigenvalue weighted by Gasteiger charge is -2.38. The quantitative estimate of drug-likeness (QED) is 0.808. The van der Waals surface area contributed by atoms with Crippen molar-refractivity contribution in [3.8, 4) is 0 Å². The molecule has 0 bridgehead atoms. The van der Waals surface area contributed by atoms with Crippen LogP contribution in [-0.2, 0) is 10.0 Å². The van der Waals surface area contributed by atoms with Crippen molar-refractivity contribution < 1.29 is 13.2 Å². The molecule has 23 heavy (non-hydrogen) atoms. The summed E-state index contributed by atoms with van der Waals surface area (Å²) in [6.45, 7) is 4.94. The average Bonchev–Trinajstić information content (AvgIpc) is 2.86. The Kier molecular flexibility index (Phi) is 4.33. The number of sulfonamides is 1. The van der Waals surface area contributed by atoms with E-state index >= 15 is 0 Å². The van der Waals surface area contributed by atoms with Gasteiger partial charge in [-0.2, -0.15) is 0 Å². The Morgan fingerprint density at radius 3 is 2.65 bits per heavy atom. The molecule has 2 fully saturated rings. The minimum Gasteiger partial charge on any atom is -0.333 e. The molecule has 126 valence electrons.